The van der Waals surface area contributed by atoms with Gasteiger partial charge in [0, 0.05) is 47.7 Å². The predicted molar refractivity (Wildman–Crippen MR) is 131 cm³/mol. The number of amides is 1. The van der Waals surface area contributed by atoms with Crippen LogP contribution in [-0.4, -0.2) is 50.6 Å². The number of carbonyl (C=O) groups excluding carboxylic acids is 1. The number of hydrogen-bond donors (Lipinski definition) is 0. The van der Waals surface area contributed by atoms with Crippen molar-refractivity contribution in [3.05, 3.63) is 48.8 Å². The summed E-state index contributed by atoms with van der Waals surface area (Å²) in [6, 6.07) is 12.8. The molecular formula is C26H31N3O3S. The molecule has 33 heavy (non-hydrogen) atoms. The second-order valence-corrected chi connectivity index (χ2v) is 11.2. The van der Waals surface area contributed by atoms with Gasteiger partial charge in [0.15, 0.2) is 0 Å². The fourth-order valence-corrected chi connectivity index (χ4v) is 5.13. The summed E-state index contributed by atoms with van der Waals surface area (Å²) in [5, 5.41) is 2.04. The molecule has 0 spiro atoms. The highest BCUT2D eigenvalue weighted by atomic mass is 32.2. The standard InChI is InChI=1S/C26H31N3O3S/c1-26(2,3)32-25(30)28-13-11-19(12-14-28)31-20-4-9-24(27-17-20)29-15-10-18-16-22(7-8-23(18)29)33-21-5-6-21/h4,7-10,15-17,19,21H,5-6,11-14H2,1-3H3. The van der Waals surface area contributed by atoms with Crippen LogP contribution in [-0.2, 0) is 4.74 Å². The van der Waals surface area contributed by atoms with Gasteiger partial charge in [-0.3, -0.25) is 0 Å². The Labute approximate surface area is 199 Å². The normalized spacial score (nSPS) is 17.4. The average Bonchev–Trinajstić information content (AvgIpc) is 3.49. The molecule has 0 N–H and O–H groups in total. The van der Waals surface area contributed by atoms with E-state index in [0.717, 1.165) is 35.2 Å². The van der Waals surface area contributed by atoms with Gasteiger partial charge in [0.25, 0.3) is 0 Å². The van der Waals surface area contributed by atoms with Crippen molar-refractivity contribution in [2.24, 2.45) is 0 Å². The Morgan fingerprint density at radius 2 is 1.85 bits per heavy atom. The van der Waals surface area contributed by atoms with Gasteiger partial charge >= 0.3 is 6.09 Å². The van der Waals surface area contributed by atoms with E-state index in [2.05, 4.69) is 40.0 Å². The van der Waals surface area contributed by atoms with E-state index >= 15 is 0 Å². The summed E-state index contributed by atoms with van der Waals surface area (Å²) < 4.78 is 13.7. The zero-order valence-corrected chi connectivity index (χ0v) is 20.3. The maximum absolute atomic E-state index is 12.2. The molecule has 2 fully saturated rings. The minimum Gasteiger partial charge on any atom is -0.489 e. The van der Waals surface area contributed by atoms with E-state index in [9.17, 15) is 4.79 Å². The lowest BCUT2D eigenvalue weighted by atomic mass is 10.1. The molecule has 0 atom stereocenters. The summed E-state index contributed by atoms with van der Waals surface area (Å²) in [6.07, 6.45) is 7.94. The van der Waals surface area contributed by atoms with Crippen LogP contribution >= 0.6 is 11.8 Å². The first-order valence-corrected chi connectivity index (χ1v) is 12.6. The van der Waals surface area contributed by atoms with E-state index in [4.69, 9.17) is 9.47 Å². The number of rotatable bonds is 5. The van der Waals surface area contributed by atoms with Crippen molar-refractivity contribution in [3.63, 3.8) is 0 Å². The lowest BCUT2D eigenvalue weighted by Crippen LogP contribution is -2.44. The van der Waals surface area contributed by atoms with E-state index in [-0.39, 0.29) is 12.2 Å². The Morgan fingerprint density at radius 1 is 1.06 bits per heavy atom. The van der Waals surface area contributed by atoms with Crippen LogP contribution in [0.25, 0.3) is 16.7 Å². The summed E-state index contributed by atoms with van der Waals surface area (Å²) >= 11 is 1.98. The molecule has 0 unspecified atom stereocenters. The fraction of sp³-hybridized carbons (Fsp3) is 0.462. The fourth-order valence-electron chi connectivity index (χ4n) is 4.03. The van der Waals surface area contributed by atoms with Gasteiger partial charge in [-0.25, -0.2) is 9.78 Å². The lowest BCUT2D eigenvalue weighted by molar-refractivity contribution is 0.0126. The van der Waals surface area contributed by atoms with Gasteiger partial charge in [0.05, 0.1) is 11.7 Å². The number of hydrogen-bond acceptors (Lipinski definition) is 5. The molecule has 1 aliphatic heterocycles. The van der Waals surface area contributed by atoms with Crippen LogP contribution in [0.15, 0.2) is 53.7 Å². The van der Waals surface area contributed by atoms with Crippen molar-refractivity contribution in [1.29, 1.82) is 0 Å². The molecule has 2 aromatic heterocycles. The maximum atomic E-state index is 12.2. The number of nitrogens with zero attached hydrogens (tertiary/aromatic N) is 3. The molecule has 174 valence electrons. The highest BCUT2D eigenvalue weighted by Gasteiger charge is 2.27. The molecule has 1 amide bonds. The molecule has 1 aliphatic carbocycles. The number of likely N-dealkylation sites (tertiary alicyclic amines) is 1. The third-order valence-electron chi connectivity index (χ3n) is 5.85. The molecule has 1 aromatic carbocycles. The Bertz CT molecular complexity index is 1120. The van der Waals surface area contributed by atoms with Gasteiger partial charge in [0.2, 0.25) is 0 Å². The highest BCUT2D eigenvalue weighted by Crippen LogP contribution is 2.40. The smallest absolute Gasteiger partial charge is 0.410 e. The van der Waals surface area contributed by atoms with E-state index in [1.807, 2.05) is 44.7 Å². The first-order chi connectivity index (χ1) is 15.8. The Hall–Kier alpha value is -2.67. The van der Waals surface area contributed by atoms with Crippen LogP contribution in [0.5, 0.6) is 5.75 Å². The monoisotopic (exact) mass is 465 g/mol. The van der Waals surface area contributed by atoms with Gasteiger partial charge < -0.3 is 18.9 Å². The van der Waals surface area contributed by atoms with Crippen LogP contribution in [0.4, 0.5) is 4.79 Å². The quantitative estimate of drug-likeness (QED) is 0.458. The first-order valence-electron chi connectivity index (χ1n) is 11.7. The number of aromatic nitrogens is 2. The summed E-state index contributed by atoms with van der Waals surface area (Å²) in [4.78, 5) is 20.0. The van der Waals surface area contributed by atoms with Gasteiger partial charge in [-0.1, -0.05) is 0 Å². The van der Waals surface area contributed by atoms with Crippen LogP contribution in [0, 0.1) is 0 Å². The van der Waals surface area contributed by atoms with E-state index < -0.39 is 5.60 Å². The van der Waals surface area contributed by atoms with Crippen molar-refractivity contribution in [2.75, 3.05) is 13.1 Å². The average molecular weight is 466 g/mol. The number of carbonyl (C=O) groups is 1. The third kappa shape index (κ3) is 5.46. The summed E-state index contributed by atoms with van der Waals surface area (Å²) in [5.74, 6) is 1.63. The molecule has 3 heterocycles. The summed E-state index contributed by atoms with van der Waals surface area (Å²) in [7, 11) is 0. The van der Waals surface area contributed by atoms with E-state index in [1.165, 1.54) is 23.1 Å². The van der Waals surface area contributed by atoms with E-state index in [0.29, 0.717) is 13.1 Å². The Balaban J connectivity index is 1.19. The molecular weight excluding hydrogens is 434 g/mol. The number of piperidine rings is 1. The van der Waals surface area contributed by atoms with Crippen molar-refractivity contribution in [3.8, 4) is 11.6 Å². The Kier molecular flexibility index (Phi) is 5.99. The summed E-state index contributed by atoms with van der Waals surface area (Å²) in [5.41, 5.74) is 0.687. The first kappa shape index (κ1) is 22.1. The van der Waals surface area contributed by atoms with Crippen LogP contribution in [0.1, 0.15) is 46.5 Å². The second kappa shape index (κ2) is 8.93. The number of pyridine rings is 1. The van der Waals surface area contributed by atoms with Crippen molar-refractivity contribution in [2.45, 2.75) is 68.3 Å². The van der Waals surface area contributed by atoms with Crippen molar-refractivity contribution >= 4 is 28.8 Å². The minimum absolute atomic E-state index is 0.0751. The van der Waals surface area contributed by atoms with Gasteiger partial charge in [-0.05, 0) is 70.0 Å². The number of benzene rings is 1. The molecule has 1 saturated heterocycles. The van der Waals surface area contributed by atoms with Crippen LogP contribution in [0.2, 0.25) is 0 Å². The van der Waals surface area contributed by atoms with Crippen molar-refractivity contribution in [1.82, 2.24) is 14.5 Å². The van der Waals surface area contributed by atoms with Gasteiger partial charge in [-0.2, -0.15) is 0 Å². The SMILES string of the molecule is CC(C)(C)OC(=O)N1CCC(Oc2ccc(-n3ccc4cc(SC5CC5)ccc43)nc2)CC1. The largest absolute Gasteiger partial charge is 0.489 e. The zero-order valence-electron chi connectivity index (χ0n) is 19.5. The maximum Gasteiger partial charge on any atom is 0.410 e. The lowest BCUT2D eigenvalue weighted by Gasteiger charge is -2.33. The Morgan fingerprint density at radius 3 is 2.52 bits per heavy atom. The van der Waals surface area contributed by atoms with Crippen molar-refractivity contribution < 1.29 is 14.3 Å². The molecule has 0 bridgehead atoms. The topological polar surface area (TPSA) is 56.6 Å². The third-order valence-corrected chi connectivity index (χ3v) is 7.18. The molecule has 7 heteroatoms. The number of ether oxygens (including phenoxy) is 2. The van der Waals surface area contributed by atoms with Crippen LogP contribution in [0.3, 0.4) is 0 Å². The molecule has 5 rings (SSSR count). The second-order valence-electron chi connectivity index (χ2n) is 9.86. The summed E-state index contributed by atoms with van der Waals surface area (Å²) in [6.45, 7) is 6.95. The van der Waals surface area contributed by atoms with Gasteiger partial charge in [0.1, 0.15) is 23.3 Å². The van der Waals surface area contributed by atoms with Gasteiger partial charge in [-0.15, -0.1) is 11.8 Å². The molecule has 3 aromatic rings. The number of fused-ring (bicyclic) bond motifs is 1. The molecule has 1 saturated carbocycles. The molecule has 6 nitrogen and oxygen atoms in total. The zero-order chi connectivity index (χ0) is 23.0. The molecule has 2 aliphatic rings. The van der Waals surface area contributed by atoms with E-state index in [1.54, 1.807) is 11.1 Å². The van der Waals surface area contributed by atoms with Crippen LogP contribution < -0.4 is 4.74 Å². The minimum atomic E-state index is -0.471. The predicted octanol–water partition coefficient (Wildman–Crippen LogP) is 6.06. The number of thioether (sulfide) groups is 1. The highest BCUT2D eigenvalue weighted by molar-refractivity contribution is 8.00. The molecule has 0 radical (unpaired) electrons.